The van der Waals surface area contributed by atoms with Crippen molar-refractivity contribution in [2.24, 2.45) is 0 Å². The first-order valence-corrected chi connectivity index (χ1v) is 19.9. The number of nitrogens with zero attached hydrogens (tertiary/aromatic N) is 3. The minimum absolute atomic E-state index is 1.00. The van der Waals surface area contributed by atoms with E-state index in [0.29, 0.717) is 0 Å². The largest absolute Gasteiger partial charge is 0.309 e. The minimum Gasteiger partial charge on any atom is -0.309 e. The van der Waals surface area contributed by atoms with E-state index in [0.717, 1.165) is 12.8 Å². The third-order valence-electron chi connectivity index (χ3n) is 12.0. The zero-order chi connectivity index (χ0) is 37.5. The Bertz CT molecular complexity index is 3330. The molecule has 3 heterocycles. The Labute approximate surface area is 326 Å². The van der Waals surface area contributed by atoms with Crippen LogP contribution < -0.4 is 0 Å². The summed E-state index contributed by atoms with van der Waals surface area (Å²) in [4.78, 5) is 0. The van der Waals surface area contributed by atoms with Crippen LogP contribution in [-0.4, -0.2) is 13.7 Å². The number of rotatable bonds is 6. The smallest absolute Gasteiger partial charge is 0.0543 e. The Morgan fingerprint density at radius 2 is 0.929 bits per heavy atom. The van der Waals surface area contributed by atoms with Gasteiger partial charge < -0.3 is 13.7 Å². The van der Waals surface area contributed by atoms with Crippen molar-refractivity contribution >= 4 is 65.4 Å². The standard InChI is InChI=1S/C53H41N3/c1-4-35-21-26-50-44(30-35)43-29-34(3)19-25-49(43)55(50)39-23-28-52-46(33-39)41-16-10-12-18-48(41)56(52)47-17-11-9-15-40(47)37-22-27-51-45(32-37)42-24-20-36(5-2)31-53(42)54(51)38-13-7-6-8-14-38/h6-33H,4-5H2,1-3H3. The Morgan fingerprint density at radius 1 is 0.357 bits per heavy atom. The van der Waals surface area contributed by atoms with Crippen LogP contribution in [0.3, 0.4) is 0 Å². The van der Waals surface area contributed by atoms with Crippen LogP contribution in [0, 0.1) is 6.92 Å². The number of benzene rings is 8. The summed E-state index contributed by atoms with van der Waals surface area (Å²) in [7, 11) is 0. The van der Waals surface area contributed by atoms with E-state index in [9.17, 15) is 0 Å². The number of aryl methyl sites for hydroxylation is 3. The summed E-state index contributed by atoms with van der Waals surface area (Å²) in [6.07, 6.45) is 2.02. The quantitative estimate of drug-likeness (QED) is 0.163. The van der Waals surface area contributed by atoms with Gasteiger partial charge in [0, 0.05) is 49.3 Å². The molecule has 0 fully saturated rings. The van der Waals surface area contributed by atoms with Gasteiger partial charge in [-0.05, 0) is 121 Å². The summed E-state index contributed by atoms with van der Waals surface area (Å²) in [6, 6.07) is 63.4. The van der Waals surface area contributed by atoms with Crippen LogP contribution in [0.2, 0.25) is 0 Å². The summed E-state index contributed by atoms with van der Waals surface area (Å²) < 4.78 is 7.34. The van der Waals surface area contributed by atoms with Gasteiger partial charge in [0.25, 0.3) is 0 Å². The van der Waals surface area contributed by atoms with Gasteiger partial charge >= 0.3 is 0 Å². The lowest BCUT2D eigenvalue weighted by Gasteiger charge is -2.15. The molecule has 3 nitrogen and oxygen atoms in total. The van der Waals surface area contributed by atoms with Crippen LogP contribution in [0.1, 0.15) is 30.5 Å². The first-order valence-electron chi connectivity index (χ1n) is 19.9. The van der Waals surface area contributed by atoms with Gasteiger partial charge in [0.15, 0.2) is 0 Å². The van der Waals surface area contributed by atoms with E-state index in [-0.39, 0.29) is 0 Å². The SMILES string of the molecule is CCc1ccc2c(c1)c1cc(C)ccc1n2-c1ccc2c(c1)c1ccccc1n2-c1ccccc1-c1ccc2c(c1)c1ccc(CC)cc1n2-c1ccccc1. The molecule has 3 heteroatoms. The van der Waals surface area contributed by atoms with E-state index in [1.807, 2.05) is 0 Å². The molecular weight excluding hydrogens is 679 g/mol. The lowest BCUT2D eigenvalue weighted by atomic mass is 10.0. The molecule has 0 saturated heterocycles. The van der Waals surface area contributed by atoms with Crippen molar-refractivity contribution in [1.82, 2.24) is 13.7 Å². The maximum atomic E-state index is 2.47. The molecule has 0 atom stereocenters. The van der Waals surface area contributed by atoms with Crippen LogP contribution in [0.4, 0.5) is 0 Å². The Hall–Kier alpha value is -6.84. The van der Waals surface area contributed by atoms with Gasteiger partial charge in [-0.15, -0.1) is 0 Å². The number of hydrogen-bond acceptors (Lipinski definition) is 0. The van der Waals surface area contributed by atoms with Crippen LogP contribution >= 0.6 is 0 Å². The number of fused-ring (bicyclic) bond motifs is 9. The highest BCUT2D eigenvalue weighted by molar-refractivity contribution is 6.14. The highest BCUT2D eigenvalue weighted by Crippen LogP contribution is 2.41. The highest BCUT2D eigenvalue weighted by Gasteiger charge is 2.20. The minimum atomic E-state index is 1.00. The van der Waals surface area contributed by atoms with Gasteiger partial charge in [-0.3, -0.25) is 0 Å². The normalized spacial score (nSPS) is 12.0. The molecule has 0 saturated carbocycles. The van der Waals surface area contributed by atoms with Crippen molar-refractivity contribution in [3.63, 3.8) is 0 Å². The summed E-state index contributed by atoms with van der Waals surface area (Å²) in [5.74, 6) is 0. The fourth-order valence-corrected chi connectivity index (χ4v) is 9.26. The number of para-hydroxylation sites is 3. The topological polar surface area (TPSA) is 14.8 Å². The maximum Gasteiger partial charge on any atom is 0.0543 e. The third kappa shape index (κ3) is 4.84. The molecule has 0 aliphatic rings. The second-order valence-electron chi connectivity index (χ2n) is 15.2. The fraction of sp³-hybridized carbons (Fsp3) is 0.0943. The molecule has 0 amide bonds. The molecule has 0 spiro atoms. The highest BCUT2D eigenvalue weighted by atomic mass is 15.0. The van der Waals surface area contributed by atoms with Crippen LogP contribution in [0.25, 0.3) is 93.6 Å². The lowest BCUT2D eigenvalue weighted by molar-refractivity contribution is 1.13. The van der Waals surface area contributed by atoms with Gasteiger partial charge in [-0.25, -0.2) is 0 Å². The second kappa shape index (κ2) is 12.6. The van der Waals surface area contributed by atoms with Gasteiger partial charge in [0.05, 0.1) is 38.8 Å². The van der Waals surface area contributed by atoms with E-state index in [4.69, 9.17) is 0 Å². The Balaban J connectivity index is 1.12. The van der Waals surface area contributed by atoms with Crippen molar-refractivity contribution in [3.05, 3.63) is 187 Å². The molecule has 0 unspecified atom stereocenters. The molecule has 0 N–H and O–H groups in total. The van der Waals surface area contributed by atoms with E-state index in [1.165, 1.54) is 110 Å². The predicted molar refractivity (Wildman–Crippen MR) is 238 cm³/mol. The van der Waals surface area contributed by atoms with Crippen molar-refractivity contribution in [2.75, 3.05) is 0 Å². The number of aromatic nitrogens is 3. The first-order chi connectivity index (χ1) is 27.6. The predicted octanol–water partition coefficient (Wildman–Crippen LogP) is 14.1. The summed E-state index contributed by atoms with van der Waals surface area (Å²) >= 11 is 0. The average molecular weight is 720 g/mol. The molecule has 0 radical (unpaired) electrons. The third-order valence-corrected chi connectivity index (χ3v) is 12.0. The van der Waals surface area contributed by atoms with Crippen LogP contribution in [0.15, 0.2) is 170 Å². The molecule has 56 heavy (non-hydrogen) atoms. The molecule has 0 aliphatic carbocycles. The molecule has 11 aromatic rings. The van der Waals surface area contributed by atoms with Crippen molar-refractivity contribution in [2.45, 2.75) is 33.6 Å². The van der Waals surface area contributed by atoms with E-state index >= 15 is 0 Å². The van der Waals surface area contributed by atoms with Crippen LogP contribution in [-0.2, 0) is 12.8 Å². The maximum absolute atomic E-state index is 2.47. The summed E-state index contributed by atoms with van der Waals surface area (Å²) in [5, 5.41) is 7.65. The Kier molecular flexibility index (Phi) is 7.34. The first kappa shape index (κ1) is 32.6. The molecular formula is C53H41N3. The fourth-order valence-electron chi connectivity index (χ4n) is 9.26. The summed E-state index contributed by atoms with van der Waals surface area (Å²) in [5.41, 5.74) is 17.3. The van der Waals surface area contributed by atoms with E-state index in [1.54, 1.807) is 0 Å². The number of hydrogen-bond donors (Lipinski definition) is 0. The van der Waals surface area contributed by atoms with Gasteiger partial charge in [0.2, 0.25) is 0 Å². The molecule has 0 aliphatic heterocycles. The monoisotopic (exact) mass is 719 g/mol. The van der Waals surface area contributed by atoms with Gasteiger partial charge in [0.1, 0.15) is 0 Å². The molecule has 11 rings (SSSR count). The zero-order valence-electron chi connectivity index (χ0n) is 31.9. The molecule has 268 valence electrons. The van der Waals surface area contributed by atoms with Crippen molar-refractivity contribution in [3.8, 4) is 28.2 Å². The Morgan fingerprint density at radius 3 is 1.77 bits per heavy atom. The average Bonchev–Trinajstić information content (AvgIpc) is 3.88. The van der Waals surface area contributed by atoms with Crippen molar-refractivity contribution in [1.29, 1.82) is 0 Å². The van der Waals surface area contributed by atoms with E-state index in [2.05, 4.69) is 204 Å². The zero-order valence-corrected chi connectivity index (χ0v) is 31.9. The second-order valence-corrected chi connectivity index (χ2v) is 15.2. The molecule has 0 bridgehead atoms. The molecule has 8 aromatic carbocycles. The van der Waals surface area contributed by atoms with Gasteiger partial charge in [-0.1, -0.05) is 104 Å². The van der Waals surface area contributed by atoms with E-state index < -0.39 is 0 Å². The lowest BCUT2D eigenvalue weighted by Crippen LogP contribution is -1.98. The summed E-state index contributed by atoms with van der Waals surface area (Å²) in [6.45, 7) is 6.65. The van der Waals surface area contributed by atoms with Crippen molar-refractivity contribution < 1.29 is 0 Å². The molecule has 3 aromatic heterocycles. The van der Waals surface area contributed by atoms with Crippen LogP contribution in [0.5, 0.6) is 0 Å². The van der Waals surface area contributed by atoms with Gasteiger partial charge in [-0.2, -0.15) is 0 Å².